The predicted octanol–water partition coefficient (Wildman–Crippen LogP) is 3.89. The van der Waals surface area contributed by atoms with E-state index in [0.717, 1.165) is 18.6 Å². The SMILES string of the molecule is CNC(CCCC1CCCO1)CC1CCCCC1. The monoisotopic (exact) mass is 253 g/mol. The molecule has 18 heavy (non-hydrogen) atoms. The van der Waals surface area contributed by atoms with Gasteiger partial charge in [0, 0.05) is 12.6 Å². The Morgan fingerprint density at radius 1 is 1.11 bits per heavy atom. The lowest BCUT2D eigenvalue weighted by Gasteiger charge is -2.26. The standard InChI is InChI=1S/C16H31NO/c1-17-15(13-14-7-3-2-4-8-14)9-5-10-16-11-6-12-18-16/h14-17H,2-13H2,1H3. The summed E-state index contributed by atoms with van der Waals surface area (Å²) in [5.74, 6) is 0.999. The lowest BCUT2D eigenvalue weighted by Crippen LogP contribution is -2.28. The van der Waals surface area contributed by atoms with Crippen molar-refractivity contribution >= 4 is 0 Å². The van der Waals surface area contributed by atoms with Crippen LogP contribution in [-0.4, -0.2) is 25.8 Å². The average Bonchev–Trinajstić information content (AvgIpc) is 2.92. The highest BCUT2D eigenvalue weighted by Gasteiger charge is 2.19. The zero-order chi connectivity index (χ0) is 12.6. The van der Waals surface area contributed by atoms with E-state index >= 15 is 0 Å². The number of nitrogens with one attached hydrogen (secondary N) is 1. The molecule has 2 unspecified atom stereocenters. The van der Waals surface area contributed by atoms with Crippen LogP contribution in [0.3, 0.4) is 0 Å². The Kier molecular flexibility index (Phi) is 6.50. The molecule has 2 fully saturated rings. The summed E-state index contributed by atoms with van der Waals surface area (Å²) in [7, 11) is 2.14. The van der Waals surface area contributed by atoms with E-state index < -0.39 is 0 Å². The molecular weight excluding hydrogens is 222 g/mol. The van der Waals surface area contributed by atoms with Crippen molar-refractivity contribution in [1.82, 2.24) is 5.32 Å². The van der Waals surface area contributed by atoms with Crippen molar-refractivity contribution in [3.05, 3.63) is 0 Å². The Balaban J connectivity index is 1.58. The maximum atomic E-state index is 5.70. The molecule has 0 aromatic carbocycles. The Hall–Kier alpha value is -0.0800. The van der Waals surface area contributed by atoms with E-state index in [-0.39, 0.29) is 0 Å². The molecule has 0 aromatic heterocycles. The fourth-order valence-corrected chi connectivity index (χ4v) is 3.67. The van der Waals surface area contributed by atoms with Gasteiger partial charge in [-0.05, 0) is 51.5 Å². The zero-order valence-electron chi connectivity index (χ0n) is 12.1. The third-order valence-corrected chi connectivity index (χ3v) is 4.85. The minimum atomic E-state index is 0.581. The average molecular weight is 253 g/mol. The lowest BCUT2D eigenvalue weighted by atomic mass is 9.84. The highest BCUT2D eigenvalue weighted by Crippen LogP contribution is 2.28. The van der Waals surface area contributed by atoms with Crippen LogP contribution in [0.4, 0.5) is 0 Å². The van der Waals surface area contributed by atoms with Crippen LogP contribution in [0, 0.1) is 5.92 Å². The Labute approximate surface area is 113 Å². The maximum Gasteiger partial charge on any atom is 0.0576 e. The van der Waals surface area contributed by atoms with E-state index in [0.29, 0.717) is 6.10 Å². The quantitative estimate of drug-likeness (QED) is 0.743. The highest BCUT2D eigenvalue weighted by atomic mass is 16.5. The number of rotatable bonds is 7. The summed E-state index contributed by atoms with van der Waals surface area (Å²) in [6.45, 7) is 1.00. The molecule has 0 aromatic rings. The topological polar surface area (TPSA) is 21.3 Å². The normalized spacial score (nSPS) is 27.5. The molecule has 2 aliphatic rings. The van der Waals surface area contributed by atoms with Crippen molar-refractivity contribution in [2.45, 2.75) is 82.8 Å². The van der Waals surface area contributed by atoms with Gasteiger partial charge in [-0.3, -0.25) is 0 Å². The molecule has 1 N–H and O–H groups in total. The molecule has 1 aliphatic heterocycles. The molecule has 106 valence electrons. The zero-order valence-corrected chi connectivity index (χ0v) is 12.1. The minimum absolute atomic E-state index is 0.581. The van der Waals surface area contributed by atoms with Crippen LogP contribution in [0.1, 0.15) is 70.6 Å². The Morgan fingerprint density at radius 3 is 2.61 bits per heavy atom. The van der Waals surface area contributed by atoms with Gasteiger partial charge in [-0.25, -0.2) is 0 Å². The third-order valence-electron chi connectivity index (χ3n) is 4.85. The van der Waals surface area contributed by atoms with E-state index in [2.05, 4.69) is 12.4 Å². The smallest absolute Gasteiger partial charge is 0.0576 e. The molecule has 0 bridgehead atoms. The van der Waals surface area contributed by atoms with Gasteiger partial charge < -0.3 is 10.1 Å². The van der Waals surface area contributed by atoms with E-state index in [4.69, 9.17) is 4.74 Å². The summed E-state index contributed by atoms with van der Waals surface area (Å²) in [4.78, 5) is 0. The second-order valence-corrected chi connectivity index (χ2v) is 6.29. The van der Waals surface area contributed by atoms with Gasteiger partial charge in [0.15, 0.2) is 0 Å². The van der Waals surface area contributed by atoms with Gasteiger partial charge in [0.05, 0.1) is 6.10 Å². The summed E-state index contributed by atoms with van der Waals surface area (Å²) in [5, 5.41) is 3.53. The highest BCUT2D eigenvalue weighted by molar-refractivity contribution is 4.75. The number of hydrogen-bond donors (Lipinski definition) is 1. The van der Waals surface area contributed by atoms with Gasteiger partial charge in [-0.1, -0.05) is 32.1 Å². The minimum Gasteiger partial charge on any atom is -0.378 e. The van der Waals surface area contributed by atoms with E-state index in [1.165, 1.54) is 70.6 Å². The molecule has 2 atom stereocenters. The first-order valence-corrected chi connectivity index (χ1v) is 8.17. The summed E-state index contributed by atoms with van der Waals surface area (Å²) >= 11 is 0. The van der Waals surface area contributed by atoms with Gasteiger partial charge in [-0.2, -0.15) is 0 Å². The van der Waals surface area contributed by atoms with Crippen molar-refractivity contribution in [1.29, 1.82) is 0 Å². The fraction of sp³-hybridized carbons (Fsp3) is 1.00. The summed E-state index contributed by atoms with van der Waals surface area (Å²) < 4.78 is 5.70. The Morgan fingerprint density at radius 2 is 1.94 bits per heavy atom. The summed E-state index contributed by atoms with van der Waals surface area (Å²) in [6.07, 6.45) is 15.9. The molecule has 1 aliphatic carbocycles. The van der Waals surface area contributed by atoms with Crippen LogP contribution >= 0.6 is 0 Å². The van der Waals surface area contributed by atoms with Crippen LogP contribution in [0.25, 0.3) is 0 Å². The molecule has 0 amide bonds. The van der Waals surface area contributed by atoms with Gasteiger partial charge in [0.2, 0.25) is 0 Å². The summed E-state index contributed by atoms with van der Waals surface area (Å²) in [6, 6.07) is 0.745. The molecule has 2 heteroatoms. The molecule has 1 heterocycles. The van der Waals surface area contributed by atoms with Gasteiger partial charge in [0.25, 0.3) is 0 Å². The van der Waals surface area contributed by atoms with Crippen LogP contribution in [-0.2, 0) is 4.74 Å². The number of hydrogen-bond acceptors (Lipinski definition) is 2. The molecule has 2 nitrogen and oxygen atoms in total. The predicted molar refractivity (Wildman–Crippen MR) is 76.9 cm³/mol. The Bertz CT molecular complexity index is 207. The number of ether oxygens (including phenoxy) is 1. The first-order valence-electron chi connectivity index (χ1n) is 8.17. The van der Waals surface area contributed by atoms with Crippen molar-refractivity contribution < 1.29 is 4.74 Å². The van der Waals surface area contributed by atoms with E-state index in [1.807, 2.05) is 0 Å². The van der Waals surface area contributed by atoms with Crippen LogP contribution in [0.5, 0.6) is 0 Å². The molecule has 1 saturated heterocycles. The van der Waals surface area contributed by atoms with E-state index in [9.17, 15) is 0 Å². The van der Waals surface area contributed by atoms with E-state index in [1.54, 1.807) is 0 Å². The molecular formula is C16H31NO. The lowest BCUT2D eigenvalue weighted by molar-refractivity contribution is 0.101. The van der Waals surface area contributed by atoms with Crippen LogP contribution < -0.4 is 5.32 Å². The first kappa shape index (κ1) is 14.3. The second kappa shape index (κ2) is 8.16. The molecule has 2 rings (SSSR count). The van der Waals surface area contributed by atoms with Gasteiger partial charge in [0.1, 0.15) is 0 Å². The van der Waals surface area contributed by atoms with Gasteiger partial charge >= 0.3 is 0 Å². The largest absolute Gasteiger partial charge is 0.378 e. The maximum absolute atomic E-state index is 5.70. The van der Waals surface area contributed by atoms with Crippen LogP contribution in [0.2, 0.25) is 0 Å². The van der Waals surface area contributed by atoms with Gasteiger partial charge in [-0.15, -0.1) is 0 Å². The molecule has 0 radical (unpaired) electrons. The first-order chi connectivity index (χ1) is 8.88. The molecule has 1 saturated carbocycles. The molecule has 0 spiro atoms. The second-order valence-electron chi connectivity index (χ2n) is 6.29. The van der Waals surface area contributed by atoms with Crippen molar-refractivity contribution in [3.63, 3.8) is 0 Å². The van der Waals surface area contributed by atoms with Crippen molar-refractivity contribution in [3.8, 4) is 0 Å². The van der Waals surface area contributed by atoms with Crippen LogP contribution in [0.15, 0.2) is 0 Å². The van der Waals surface area contributed by atoms with Crippen molar-refractivity contribution in [2.75, 3.05) is 13.7 Å². The fourth-order valence-electron chi connectivity index (χ4n) is 3.67. The van der Waals surface area contributed by atoms with Crippen molar-refractivity contribution in [2.24, 2.45) is 5.92 Å². The third kappa shape index (κ3) is 4.89. The summed E-state index contributed by atoms with van der Waals surface area (Å²) in [5.41, 5.74) is 0.